The molecule has 2 heteroatoms. The molecule has 1 atom stereocenters. The van der Waals surface area contributed by atoms with Crippen LogP contribution in [0.1, 0.15) is 17.4 Å². The smallest absolute Gasteiger partial charge is 0.0990 e. The number of hydrogen-bond acceptors (Lipinski definition) is 2. The van der Waals surface area contributed by atoms with Crippen LogP contribution in [0.25, 0.3) is 0 Å². The first kappa shape index (κ1) is 7.33. The minimum Gasteiger partial charge on any atom is -0.387 e. The molecule has 0 spiro atoms. The fraction of sp³-hybridized carbons (Fsp3) is 0.250. The van der Waals surface area contributed by atoms with Gasteiger partial charge in [-0.25, -0.2) is 0 Å². The van der Waals surface area contributed by atoms with Crippen LogP contribution in [0.3, 0.4) is 0 Å². The molecule has 0 unspecified atom stereocenters. The lowest BCUT2D eigenvalue weighted by Crippen LogP contribution is -1.90. The van der Waals surface area contributed by atoms with Crippen LogP contribution in [0.15, 0.2) is 17.5 Å². The summed E-state index contributed by atoms with van der Waals surface area (Å²) in [7, 11) is 0. The van der Waals surface area contributed by atoms with Gasteiger partial charge in [0.1, 0.15) is 0 Å². The highest BCUT2D eigenvalue weighted by Gasteiger charge is 2.04. The third-order valence-electron chi connectivity index (χ3n) is 1.18. The van der Waals surface area contributed by atoms with Gasteiger partial charge in [0.15, 0.2) is 0 Å². The summed E-state index contributed by atoms with van der Waals surface area (Å²) in [4.78, 5) is 0.943. The van der Waals surface area contributed by atoms with Crippen LogP contribution in [-0.4, -0.2) is 5.11 Å². The minimum absolute atomic E-state index is 0.403. The highest BCUT2D eigenvalue weighted by molar-refractivity contribution is 7.10. The van der Waals surface area contributed by atoms with Crippen LogP contribution in [0, 0.1) is 12.3 Å². The summed E-state index contributed by atoms with van der Waals surface area (Å²) >= 11 is 1.53. The molecule has 10 heavy (non-hydrogen) atoms. The molecule has 1 nitrogen and oxygen atoms in total. The Hall–Kier alpha value is -0.780. The number of thiophene rings is 1. The molecule has 1 aromatic rings. The standard InChI is InChI=1S/C8H8OS/c1-2-4-7(9)8-5-3-6-10-8/h1,3,5-7,9H,4H2/t7-/m1/s1. The predicted molar refractivity (Wildman–Crippen MR) is 42.7 cm³/mol. The molecular weight excluding hydrogens is 144 g/mol. The van der Waals surface area contributed by atoms with E-state index < -0.39 is 6.10 Å². The number of rotatable bonds is 2. The lowest BCUT2D eigenvalue weighted by molar-refractivity contribution is 0.188. The molecule has 1 rings (SSSR count). The van der Waals surface area contributed by atoms with Crippen molar-refractivity contribution in [3.63, 3.8) is 0 Å². The first-order chi connectivity index (χ1) is 4.84. The Bertz CT molecular complexity index is 220. The topological polar surface area (TPSA) is 20.2 Å². The van der Waals surface area contributed by atoms with Crippen molar-refractivity contribution in [2.75, 3.05) is 0 Å². The Balaban J connectivity index is 2.61. The average Bonchev–Trinajstić information content (AvgIpc) is 2.38. The molecule has 1 heterocycles. The number of terminal acetylenes is 1. The van der Waals surface area contributed by atoms with E-state index in [-0.39, 0.29) is 0 Å². The summed E-state index contributed by atoms with van der Waals surface area (Å²) in [5.74, 6) is 2.41. The van der Waals surface area contributed by atoms with E-state index in [1.165, 1.54) is 11.3 Å². The molecule has 1 aromatic heterocycles. The number of aliphatic hydroxyl groups excluding tert-OH is 1. The van der Waals surface area contributed by atoms with Gasteiger partial charge in [-0.1, -0.05) is 6.07 Å². The molecule has 1 N–H and O–H groups in total. The molecule has 0 aliphatic carbocycles. The zero-order chi connectivity index (χ0) is 7.40. The SMILES string of the molecule is C#CC[C@@H](O)c1cccs1. The second-order valence-electron chi connectivity index (χ2n) is 1.94. The van der Waals surface area contributed by atoms with Crippen LogP contribution in [0.2, 0.25) is 0 Å². The normalized spacial score (nSPS) is 12.4. The first-order valence-electron chi connectivity index (χ1n) is 2.99. The van der Waals surface area contributed by atoms with Gasteiger partial charge in [0, 0.05) is 11.3 Å². The van der Waals surface area contributed by atoms with Gasteiger partial charge >= 0.3 is 0 Å². The lowest BCUT2D eigenvalue weighted by atomic mass is 10.2. The Morgan fingerprint density at radius 1 is 1.80 bits per heavy atom. The molecule has 0 saturated carbocycles. The molecule has 0 amide bonds. The van der Waals surface area contributed by atoms with E-state index in [2.05, 4.69) is 5.92 Å². The zero-order valence-electron chi connectivity index (χ0n) is 5.45. The summed E-state index contributed by atoms with van der Waals surface area (Å²) in [6, 6.07) is 3.78. The summed E-state index contributed by atoms with van der Waals surface area (Å²) in [5.41, 5.74) is 0. The van der Waals surface area contributed by atoms with Crippen molar-refractivity contribution in [3.8, 4) is 12.3 Å². The van der Waals surface area contributed by atoms with E-state index >= 15 is 0 Å². The quantitative estimate of drug-likeness (QED) is 0.641. The molecular formula is C8H8OS. The fourth-order valence-corrected chi connectivity index (χ4v) is 1.40. The highest BCUT2D eigenvalue weighted by atomic mass is 32.1. The summed E-state index contributed by atoms with van der Waals surface area (Å²) in [5, 5.41) is 11.2. The molecule has 0 fully saturated rings. The monoisotopic (exact) mass is 152 g/mol. The van der Waals surface area contributed by atoms with Crippen molar-refractivity contribution >= 4 is 11.3 Å². The van der Waals surface area contributed by atoms with Crippen molar-refractivity contribution < 1.29 is 5.11 Å². The van der Waals surface area contributed by atoms with E-state index in [0.717, 1.165) is 4.88 Å². The third-order valence-corrected chi connectivity index (χ3v) is 2.16. The Morgan fingerprint density at radius 3 is 3.10 bits per heavy atom. The molecule has 52 valence electrons. The van der Waals surface area contributed by atoms with Crippen molar-refractivity contribution in [1.29, 1.82) is 0 Å². The van der Waals surface area contributed by atoms with Gasteiger partial charge in [-0.2, -0.15) is 0 Å². The lowest BCUT2D eigenvalue weighted by Gasteiger charge is -2.00. The van der Waals surface area contributed by atoms with Gasteiger partial charge in [0.05, 0.1) is 6.10 Å². The zero-order valence-corrected chi connectivity index (χ0v) is 6.27. The van der Waals surface area contributed by atoms with Crippen LogP contribution >= 0.6 is 11.3 Å². The van der Waals surface area contributed by atoms with Crippen LogP contribution < -0.4 is 0 Å². The Kier molecular flexibility index (Phi) is 2.49. The van der Waals surface area contributed by atoms with Gasteiger partial charge in [-0.3, -0.25) is 0 Å². The van der Waals surface area contributed by atoms with Gasteiger partial charge < -0.3 is 5.11 Å². The van der Waals surface area contributed by atoms with Crippen LogP contribution in [0.5, 0.6) is 0 Å². The maximum atomic E-state index is 9.28. The van der Waals surface area contributed by atoms with E-state index in [1.54, 1.807) is 0 Å². The minimum atomic E-state index is -0.468. The maximum Gasteiger partial charge on any atom is 0.0990 e. The van der Waals surface area contributed by atoms with Crippen molar-refractivity contribution in [2.45, 2.75) is 12.5 Å². The maximum absolute atomic E-state index is 9.28. The predicted octanol–water partition coefficient (Wildman–Crippen LogP) is 1.80. The summed E-state index contributed by atoms with van der Waals surface area (Å²) in [6.07, 6.45) is 4.97. The second kappa shape index (κ2) is 3.40. The molecule has 0 saturated heterocycles. The number of hydrogen-bond donors (Lipinski definition) is 1. The van der Waals surface area contributed by atoms with E-state index in [1.807, 2.05) is 17.5 Å². The largest absolute Gasteiger partial charge is 0.387 e. The summed E-state index contributed by atoms with van der Waals surface area (Å²) < 4.78 is 0. The first-order valence-corrected chi connectivity index (χ1v) is 3.87. The van der Waals surface area contributed by atoms with Gasteiger partial charge in [0.2, 0.25) is 0 Å². The van der Waals surface area contributed by atoms with Crippen LogP contribution in [-0.2, 0) is 0 Å². The van der Waals surface area contributed by atoms with E-state index in [9.17, 15) is 5.11 Å². The van der Waals surface area contributed by atoms with Gasteiger partial charge in [0.25, 0.3) is 0 Å². The molecule has 0 bridgehead atoms. The van der Waals surface area contributed by atoms with Crippen LogP contribution in [0.4, 0.5) is 0 Å². The number of aliphatic hydroxyl groups is 1. The highest BCUT2D eigenvalue weighted by Crippen LogP contribution is 2.20. The van der Waals surface area contributed by atoms with Gasteiger partial charge in [-0.05, 0) is 11.4 Å². The second-order valence-corrected chi connectivity index (χ2v) is 2.92. The molecule has 0 aromatic carbocycles. The molecule has 0 aliphatic rings. The molecule has 0 radical (unpaired) electrons. The fourth-order valence-electron chi connectivity index (χ4n) is 0.693. The molecule has 0 aliphatic heterocycles. The summed E-state index contributed by atoms with van der Waals surface area (Å²) in [6.45, 7) is 0. The van der Waals surface area contributed by atoms with E-state index in [0.29, 0.717) is 6.42 Å². The van der Waals surface area contributed by atoms with Gasteiger partial charge in [-0.15, -0.1) is 23.7 Å². The average molecular weight is 152 g/mol. The van der Waals surface area contributed by atoms with Crippen molar-refractivity contribution in [2.24, 2.45) is 0 Å². The van der Waals surface area contributed by atoms with Crippen molar-refractivity contribution in [1.82, 2.24) is 0 Å². The Morgan fingerprint density at radius 2 is 2.60 bits per heavy atom. The third kappa shape index (κ3) is 1.60. The van der Waals surface area contributed by atoms with Crippen molar-refractivity contribution in [3.05, 3.63) is 22.4 Å². The van der Waals surface area contributed by atoms with E-state index in [4.69, 9.17) is 6.42 Å². The Labute approximate surface area is 64.3 Å².